The number of fused-ring (bicyclic) bond motifs is 3. The SMILES string of the molecule is COc1ccc(C(=O)CSc2nc3sc4c(c3c(=O)n2-c2cc(C)cc(C)c2)CCCC4)cc1. The molecule has 0 unspecified atom stereocenters. The predicted octanol–water partition coefficient (Wildman–Crippen LogP) is 5.93. The Bertz CT molecular complexity index is 1430. The second-order valence-electron chi connectivity index (χ2n) is 8.71. The normalized spacial score (nSPS) is 13.1. The molecule has 1 aliphatic rings. The number of rotatable bonds is 6. The van der Waals surface area contributed by atoms with Gasteiger partial charge in [0.25, 0.3) is 5.56 Å². The van der Waals surface area contributed by atoms with E-state index in [2.05, 4.69) is 6.07 Å². The van der Waals surface area contributed by atoms with Crippen molar-refractivity contribution in [3.05, 3.63) is 79.9 Å². The minimum Gasteiger partial charge on any atom is -0.497 e. The van der Waals surface area contributed by atoms with Crippen LogP contribution in [0.25, 0.3) is 15.9 Å². The summed E-state index contributed by atoms with van der Waals surface area (Å²) in [5, 5.41) is 1.31. The summed E-state index contributed by atoms with van der Waals surface area (Å²) < 4.78 is 6.89. The van der Waals surface area contributed by atoms with Gasteiger partial charge < -0.3 is 4.74 Å². The molecule has 5 nitrogen and oxygen atoms in total. The molecule has 0 saturated heterocycles. The minimum absolute atomic E-state index is 0.0144. The fourth-order valence-electron chi connectivity index (χ4n) is 4.58. The highest BCUT2D eigenvalue weighted by atomic mass is 32.2. The fourth-order valence-corrected chi connectivity index (χ4v) is 6.79. The number of Topliss-reactive ketones (excluding diaryl/α,β-unsaturated/α-hetero) is 1. The van der Waals surface area contributed by atoms with E-state index in [1.54, 1.807) is 47.3 Å². The first-order chi connectivity index (χ1) is 16.4. The number of hydrogen-bond donors (Lipinski definition) is 0. The lowest BCUT2D eigenvalue weighted by molar-refractivity contribution is 0.102. The summed E-state index contributed by atoms with van der Waals surface area (Å²) in [6.45, 7) is 4.06. The molecule has 5 rings (SSSR count). The molecule has 7 heteroatoms. The third-order valence-electron chi connectivity index (χ3n) is 6.17. The molecule has 1 aliphatic carbocycles. The van der Waals surface area contributed by atoms with Gasteiger partial charge in [-0.15, -0.1) is 11.3 Å². The molecule has 2 heterocycles. The van der Waals surface area contributed by atoms with Crippen molar-refractivity contribution in [2.24, 2.45) is 0 Å². The van der Waals surface area contributed by atoms with Crippen molar-refractivity contribution in [2.45, 2.75) is 44.7 Å². The maximum Gasteiger partial charge on any atom is 0.267 e. The van der Waals surface area contributed by atoms with Gasteiger partial charge in [0.1, 0.15) is 10.6 Å². The highest BCUT2D eigenvalue weighted by Gasteiger charge is 2.23. The Labute approximate surface area is 206 Å². The van der Waals surface area contributed by atoms with Crippen molar-refractivity contribution in [3.8, 4) is 11.4 Å². The van der Waals surface area contributed by atoms with Gasteiger partial charge >= 0.3 is 0 Å². The van der Waals surface area contributed by atoms with Gasteiger partial charge in [-0.2, -0.15) is 0 Å². The number of nitrogens with zero attached hydrogens (tertiary/aromatic N) is 2. The second kappa shape index (κ2) is 9.39. The van der Waals surface area contributed by atoms with Crippen molar-refractivity contribution in [1.82, 2.24) is 9.55 Å². The Morgan fingerprint density at radius 2 is 1.79 bits per heavy atom. The molecule has 0 spiro atoms. The van der Waals surface area contributed by atoms with Gasteiger partial charge in [0.15, 0.2) is 10.9 Å². The largest absolute Gasteiger partial charge is 0.497 e. The van der Waals surface area contributed by atoms with Crippen molar-refractivity contribution in [3.63, 3.8) is 0 Å². The lowest BCUT2D eigenvalue weighted by atomic mass is 9.97. The number of aryl methyl sites for hydroxylation is 4. The number of carbonyl (C=O) groups excluding carboxylic acids is 1. The molecule has 0 amide bonds. The van der Waals surface area contributed by atoms with Crippen molar-refractivity contribution >= 4 is 39.1 Å². The number of aromatic nitrogens is 2. The van der Waals surface area contributed by atoms with Crippen LogP contribution in [0.15, 0.2) is 52.4 Å². The van der Waals surface area contributed by atoms with Gasteiger partial charge in [0.05, 0.1) is 23.9 Å². The van der Waals surface area contributed by atoms with Crippen LogP contribution in [-0.2, 0) is 12.8 Å². The monoisotopic (exact) mass is 490 g/mol. The number of thioether (sulfide) groups is 1. The topological polar surface area (TPSA) is 61.2 Å². The van der Waals surface area contributed by atoms with Crippen LogP contribution >= 0.6 is 23.1 Å². The lowest BCUT2D eigenvalue weighted by Gasteiger charge is -2.14. The molecule has 4 aromatic rings. The number of benzene rings is 2. The third-order valence-corrected chi connectivity index (χ3v) is 8.29. The van der Waals surface area contributed by atoms with Gasteiger partial charge in [-0.05, 0) is 92.6 Å². The molecule has 0 aliphatic heterocycles. The minimum atomic E-state index is -0.0335. The van der Waals surface area contributed by atoms with Crippen LogP contribution in [0.3, 0.4) is 0 Å². The van der Waals surface area contributed by atoms with Crippen LogP contribution in [0.5, 0.6) is 5.75 Å². The Morgan fingerprint density at radius 3 is 2.50 bits per heavy atom. The van der Waals surface area contributed by atoms with Gasteiger partial charge in [0, 0.05) is 10.4 Å². The zero-order valence-corrected chi connectivity index (χ0v) is 21.1. The molecule has 0 atom stereocenters. The third kappa shape index (κ3) is 4.30. The summed E-state index contributed by atoms with van der Waals surface area (Å²) in [7, 11) is 1.60. The number of hydrogen-bond acceptors (Lipinski definition) is 6. The molecule has 2 aromatic heterocycles. The number of ether oxygens (including phenoxy) is 1. The molecule has 0 N–H and O–H groups in total. The van der Waals surface area contributed by atoms with Crippen molar-refractivity contribution in [2.75, 3.05) is 12.9 Å². The van der Waals surface area contributed by atoms with E-state index in [1.807, 2.05) is 26.0 Å². The van der Waals surface area contributed by atoms with Gasteiger partial charge in [-0.25, -0.2) is 4.98 Å². The van der Waals surface area contributed by atoms with Crippen LogP contribution in [0.4, 0.5) is 0 Å². The standard InChI is InChI=1S/C27H26N2O3S2/c1-16-12-17(2)14-19(13-16)29-26(31)24-21-6-4-5-7-23(21)34-25(24)28-27(29)33-15-22(30)18-8-10-20(32-3)11-9-18/h8-14H,4-7,15H2,1-3H3. The molecule has 0 fully saturated rings. The molecule has 0 radical (unpaired) electrons. The van der Waals surface area contributed by atoms with E-state index >= 15 is 0 Å². The Hall–Kier alpha value is -2.90. The lowest BCUT2D eigenvalue weighted by Crippen LogP contribution is -2.23. The van der Waals surface area contributed by atoms with E-state index in [9.17, 15) is 9.59 Å². The average molecular weight is 491 g/mol. The van der Waals surface area contributed by atoms with E-state index in [1.165, 1.54) is 22.2 Å². The first-order valence-corrected chi connectivity index (χ1v) is 13.2. The maximum atomic E-state index is 13.9. The Balaban J connectivity index is 1.59. The van der Waals surface area contributed by atoms with Crippen LogP contribution in [0, 0.1) is 13.8 Å². The quantitative estimate of drug-likeness (QED) is 0.191. The van der Waals surface area contributed by atoms with Crippen molar-refractivity contribution in [1.29, 1.82) is 0 Å². The summed E-state index contributed by atoms with van der Waals surface area (Å²) in [6.07, 6.45) is 4.21. The Kier molecular flexibility index (Phi) is 6.32. The molecular formula is C27H26N2O3S2. The summed E-state index contributed by atoms with van der Waals surface area (Å²) in [4.78, 5) is 33.8. The van der Waals surface area contributed by atoms with E-state index in [4.69, 9.17) is 9.72 Å². The summed E-state index contributed by atoms with van der Waals surface area (Å²) in [5.74, 6) is 0.890. The van der Waals surface area contributed by atoms with Crippen molar-refractivity contribution < 1.29 is 9.53 Å². The van der Waals surface area contributed by atoms with E-state index < -0.39 is 0 Å². The number of ketones is 1. The summed E-state index contributed by atoms with van der Waals surface area (Å²) in [6, 6.07) is 13.2. The zero-order chi connectivity index (χ0) is 23.8. The molecular weight excluding hydrogens is 464 g/mol. The summed E-state index contributed by atoms with van der Waals surface area (Å²) in [5.41, 5.74) is 4.72. The highest BCUT2D eigenvalue weighted by molar-refractivity contribution is 7.99. The van der Waals surface area contributed by atoms with Gasteiger partial charge in [-0.3, -0.25) is 14.2 Å². The van der Waals surface area contributed by atoms with Crippen LogP contribution in [0.1, 0.15) is 44.8 Å². The zero-order valence-electron chi connectivity index (χ0n) is 19.5. The first-order valence-electron chi connectivity index (χ1n) is 11.4. The van der Waals surface area contributed by atoms with E-state index in [-0.39, 0.29) is 17.1 Å². The second-order valence-corrected chi connectivity index (χ2v) is 10.7. The Morgan fingerprint density at radius 1 is 1.09 bits per heavy atom. The predicted molar refractivity (Wildman–Crippen MR) is 139 cm³/mol. The van der Waals surface area contributed by atoms with Gasteiger partial charge in [0.2, 0.25) is 0 Å². The molecule has 2 aromatic carbocycles. The summed E-state index contributed by atoms with van der Waals surface area (Å²) >= 11 is 2.96. The van der Waals surface area contributed by atoms with E-state index in [0.717, 1.165) is 52.7 Å². The number of carbonyl (C=O) groups is 1. The maximum absolute atomic E-state index is 13.9. The first kappa shape index (κ1) is 22.9. The van der Waals surface area contributed by atoms with Crippen LogP contribution in [-0.4, -0.2) is 28.2 Å². The molecule has 174 valence electrons. The van der Waals surface area contributed by atoms with Crippen LogP contribution < -0.4 is 10.3 Å². The molecule has 0 saturated carbocycles. The molecule has 34 heavy (non-hydrogen) atoms. The fraction of sp³-hybridized carbons (Fsp3) is 0.296. The number of methoxy groups -OCH3 is 1. The van der Waals surface area contributed by atoms with Crippen LogP contribution in [0.2, 0.25) is 0 Å². The molecule has 0 bridgehead atoms. The smallest absolute Gasteiger partial charge is 0.267 e. The number of thiophene rings is 1. The average Bonchev–Trinajstić information content (AvgIpc) is 3.20. The van der Waals surface area contributed by atoms with Gasteiger partial charge in [-0.1, -0.05) is 17.8 Å². The highest BCUT2D eigenvalue weighted by Crippen LogP contribution is 2.35. The van der Waals surface area contributed by atoms with E-state index in [0.29, 0.717) is 16.5 Å².